The topological polar surface area (TPSA) is 100 Å². The Balaban J connectivity index is 1.30. The number of nitrogens with one attached hydrogen (secondary N) is 3. The molecule has 5 aromatic rings. The van der Waals surface area contributed by atoms with Crippen molar-refractivity contribution in [1.29, 1.82) is 0 Å². The lowest BCUT2D eigenvalue weighted by Gasteiger charge is -2.24. The lowest BCUT2D eigenvalue weighted by atomic mass is 9.93. The molecule has 2 unspecified atom stereocenters. The molecule has 2 atom stereocenters. The van der Waals surface area contributed by atoms with Gasteiger partial charge in [-0.15, -0.1) is 0 Å². The minimum Gasteiger partial charge on any atom is -0.460 e. The predicted octanol–water partition coefficient (Wildman–Crippen LogP) is 7.59. The van der Waals surface area contributed by atoms with E-state index in [-0.39, 0.29) is 18.2 Å². The number of rotatable bonds is 15. The van der Waals surface area contributed by atoms with Crippen LogP contribution in [0.4, 0.5) is 0 Å². The molecule has 0 aliphatic heterocycles. The van der Waals surface area contributed by atoms with Gasteiger partial charge in [0.05, 0.1) is 6.42 Å². The minimum absolute atomic E-state index is 0.0669. The first kappa shape index (κ1) is 35.1. The summed E-state index contributed by atoms with van der Waals surface area (Å²) in [5.74, 6) is -1.68. The van der Waals surface area contributed by atoms with E-state index in [1.54, 1.807) is 0 Å². The van der Waals surface area contributed by atoms with Crippen LogP contribution in [-0.2, 0) is 38.4 Å². The van der Waals surface area contributed by atoms with Crippen LogP contribution in [0.2, 0.25) is 0 Å². The Labute approximate surface area is 289 Å². The second-order valence-electron chi connectivity index (χ2n) is 13.6. The number of amides is 2. The monoisotopic (exact) mass is 657 g/mol. The summed E-state index contributed by atoms with van der Waals surface area (Å²) in [5.41, 5.74) is 5.79. The van der Waals surface area contributed by atoms with Crippen LogP contribution in [-0.4, -0.2) is 41.0 Å². The van der Waals surface area contributed by atoms with E-state index < -0.39 is 23.5 Å². The Morgan fingerprint density at radius 1 is 0.755 bits per heavy atom. The Bertz CT molecular complexity index is 1830. The zero-order valence-corrected chi connectivity index (χ0v) is 28.7. The molecule has 254 valence electrons. The molecule has 0 aliphatic carbocycles. The number of hydrogen-bond donors (Lipinski definition) is 3. The van der Waals surface area contributed by atoms with Gasteiger partial charge in [0.2, 0.25) is 11.8 Å². The van der Waals surface area contributed by atoms with Crippen molar-refractivity contribution in [1.82, 2.24) is 15.6 Å². The zero-order chi connectivity index (χ0) is 34.6. The van der Waals surface area contributed by atoms with Gasteiger partial charge in [0.1, 0.15) is 11.6 Å². The van der Waals surface area contributed by atoms with Crippen molar-refractivity contribution in [3.8, 4) is 11.1 Å². The number of H-pyrrole nitrogens is 1. The number of fused-ring (bicyclic) bond motifs is 1. The van der Waals surface area contributed by atoms with Crippen LogP contribution in [0.25, 0.3) is 22.0 Å². The van der Waals surface area contributed by atoms with E-state index in [0.29, 0.717) is 32.2 Å². The molecule has 0 spiro atoms. The number of aromatic nitrogens is 1. The van der Waals surface area contributed by atoms with Crippen LogP contribution in [0.1, 0.15) is 56.7 Å². The summed E-state index contributed by atoms with van der Waals surface area (Å²) in [5, 5.41) is 7.08. The number of carbonyl (C=O) groups excluding carboxylic acids is 3. The van der Waals surface area contributed by atoms with Crippen molar-refractivity contribution in [2.24, 2.45) is 5.92 Å². The number of esters is 1. The molecule has 0 saturated carbocycles. The average Bonchev–Trinajstić information content (AvgIpc) is 3.50. The summed E-state index contributed by atoms with van der Waals surface area (Å²) >= 11 is 0. The summed E-state index contributed by atoms with van der Waals surface area (Å²) in [7, 11) is 0. The normalized spacial score (nSPS) is 12.6. The molecule has 1 aromatic heterocycles. The van der Waals surface area contributed by atoms with E-state index in [1.807, 2.05) is 106 Å². The maximum Gasteiger partial charge on any atom is 0.307 e. The van der Waals surface area contributed by atoms with Gasteiger partial charge in [-0.3, -0.25) is 14.4 Å². The van der Waals surface area contributed by atoms with Gasteiger partial charge >= 0.3 is 5.97 Å². The summed E-state index contributed by atoms with van der Waals surface area (Å²) < 4.78 is 5.63. The van der Waals surface area contributed by atoms with Gasteiger partial charge in [0.25, 0.3) is 0 Å². The smallest absolute Gasteiger partial charge is 0.307 e. The van der Waals surface area contributed by atoms with E-state index >= 15 is 0 Å². The largest absolute Gasteiger partial charge is 0.460 e. The lowest BCUT2D eigenvalue weighted by Crippen LogP contribution is -2.50. The summed E-state index contributed by atoms with van der Waals surface area (Å²) in [4.78, 5) is 44.0. The van der Waals surface area contributed by atoms with E-state index in [0.717, 1.165) is 45.1 Å². The van der Waals surface area contributed by atoms with E-state index in [2.05, 4.69) is 45.9 Å². The Kier molecular flexibility index (Phi) is 12.0. The third-order valence-corrected chi connectivity index (χ3v) is 8.54. The van der Waals surface area contributed by atoms with Crippen molar-refractivity contribution < 1.29 is 19.1 Å². The molecule has 0 aliphatic rings. The second kappa shape index (κ2) is 16.8. The number of hydrogen-bond acceptors (Lipinski definition) is 4. The van der Waals surface area contributed by atoms with Gasteiger partial charge in [0, 0.05) is 36.0 Å². The zero-order valence-electron chi connectivity index (χ0n) is 28.7. The standard InChI is InChI=1S/C42H47N3O4/c1-42(2,3)49-39(46)28-34(21-13-17-31-16-12-20-33(26-31)32-18-8-5-9-19-32)40(47)45-38(27-35-29-44-37-23-11-10-22-36(35)37)41(48)43-25-24-30-14-6-4-7-15-30/h4-12,14-16,18-20,22-23,26,29,34,38,44H,13,17,21,24-25,27-28H2,1-3H3,(H,43,48)(H,45,47). The molecule has 4 aromatic carbocycles. The summed E-state index contributed by atoms with van der Waals surface area (Å²) in [6.07, 6.45) is 4.71. The van der Waals surface area contributed by atoms with Gasteiger partial charge in [-0.2, -0.15) is 0 Å². The molecular formula is C42H47N3O4. The predicted molar refractivity (Wildman–Crippen MR) is 196 cm³/mol. The van der Waals surface area contributed by atoms with Crippen LogP contribution >= 0.6 is 0 Å². The molecule has 0 fully saturated rings. The maximum atomic E-state index is 14.0. The van der Waals surface area contributed by atoms with Crippen molar-refractivity contribution in [2.75, 3.05) is 6.54 Å². The Morgan fingerprint density at radius 3 is 2.18 bits per heavy atom. The van der Waals surface area contributed by atoms with Crippen LogP contribution in [0.3, 0.4) is 0 Å². The highest BCUT2D eigenvalue weighted by Crippen LogP contribution is 2.24. The third kappa shape index (κ3) is 10.7. The highest BCUT2D eigenvalue weighted by Gasteiger charge is 2.29. The van der Waals surface area contributed by atoms with E-state index in [1.165, 1.54) is 0 Å². The first-order chi connectivity index (χ1) is 23.6. The fourth-order valence-electron chi connectivity index (χ4n) is 6.12. The molecule has 49 heavy (non-hydrogen) atoms. The Morgan fingerprint density at radius 2 is 1.43 bits per heavy atom. The van der Waals surface area contributed by atoms with Crippen LogP contribution in [0.15, 0.2) is 115 Å². The Hall–Kier alpha value is -5.17. The number of benzene rings is 4. The van der Waals surface area contributed by atoms with Crippen LogP contribution in [0, 0.1) is 5.92 Å². The van der Waals surface area contributed by atoms with Gasteiger partial charge in [-0.25, -0.2) is 0 Å². The molecule has 7 heteroatoms. The SMILES string of the molecule is CC(C)(C)OC(=O)CC(CCCc1cccc(-c2ccccc2)c1)C(=O)NC(Cc1c[nH]c2ccccc12)C(=O)NCCc1ccccc1. The highest BCUT2D eigenvalue weighted by atomic mass is 16.6. The third-order valence-electron chi connectivity index (χ3n) is 8.54. The van der Waals surface area contributed by atoms with Crippen molar-refractivity contribution in [2.45, 2.75) is 70.9 Å². The molecule has 7 nitrogen and oxygen atoms in total. The lowest BCUT2D eigenvalue weighted by molar-refractivity contribution is -0.157. The quantitative estimate of drug-likeness (QED) is 0.101. The first-order valence-electron chi connectivity index (χ1n) is 17.2. The molecule has 1 heterocycles. The summed E-state index contributed by atoms with van der Waals surface area (Å²) in [6.45, 7) is 5.89. The van der Waals surface area contributed by atoms with Crippen molar-refractivity contribution in [3.05, 3.63) is 132 Å². The molecule has 2 amide bonds. The second-order valence-corrected chi connectivity index (χ2v) is 13.6. The van der Waals surface area contributed by atoms with Gasteiger partial charge in [-0.05, 0) is 80.3 Å². The van der Waals surface area contributed by atoms with Gasteiger partial charge in [0.15, 0.2) is 0 Å². The fraction of sp³-hybridized carbons (Fsp3) is 0.310. The van der Waals surface area contributed by atoms with Crippen LogP contribution in [0.5, 0.6) is 0 Å². The maximum absolute atomic E-state index is 14.0. The molecule has 5 rings (SSSR count). The number of carbonyl (C=O) groups is 3. The molecule has 0 radical (unpaired) electrons. The highest BCUT2D eigenvalue weighted by molar-refractivity contribution is 5.91. The van der Waals surface area contributed by atoms with E-state index in [9.17, 15) is 14.4 Å². The van der Waals surface area contributed by atoms with Crippen molar-refractivity contribution >= 4 is 28.7 Å². The van der Waals surface area contributed by atoms with Crippen molar-refractivity contribution in [3.63, 3.8) is 0 Å². The fourth-order valence-corrected chi connectivity index (χ4v) is 6.12. The van der Waals surface area contributed by atoms with Crippen LogP contribution < -0.4 is 10.6 Å². The average molecular weight is 658 g/mol. The number of aryl methyl sites for hydroxylation is 1. The molecule has 3 N–H and O–H groups in total. The van der Waals surface area contributed by atoms with E-state index in [4.69, 9.17) is 4.74 Å². The first-order valence-corrected chi connectivity index (χ1v) is 17.2. The molecular weight excluding hydrogens is 610 g/mol. The number of aromatic amines is 1. The van der Waals surface area contributed by atoms with Gasteiger partial charge < -0.3 is 20.4 Å². The van der Waals surface area contributed by atoms with Gasteiger partial charge in [-0.1, -0.05) is 103 Å². The molecule has 0 bridgehead atoms. The summed E-state index contributed by atoms with van der Waals surface area (Å²) in [6, 6.07) is 35.7. The number of ether oxygens (including phenoxy) is 1. The molecule has 0 saturated heterocycles. The number of para-hydroxylation sites is 1. The minimum atomic E-state index is -0.828.